The Bertz CT molecular complexity index is 313. The van der Waals surface area contributed by atoms with Crippen molar-refractivity contribution < 1.29 is 9.63 Å². The highest BCUT2D eigenvalue weighted by Crippen LogP contribution is 2.16. The lowest BCUT2D eigenvalue weighted by Crippen LogP contribution is -2.30. The van der Waals surface area contributed by atoms with Crippen molar-refractivity contribution in [3.63, 3.8) is 0 Å². The summed E-state index contributed by atoms with van der Waals surface area (Å²) in [5, 5.41) is 1.79. The van der Waals surface area contributed by atoms with Gasteiger partial charge in [0.1, 0.15) is 6.29 Å². The van der Waals surface area contributed by atoms with Crippen LogP contribution in [0.5, 0.6) is 0 Å². The van der Waals surface area contributed by atoms with Crippen LogP contribution in [0.15, 0.2) is 30.3 Å². The maximum Gasteiger partial charge on any atom is 0.139 e. The molecule has 0 saturated carbocycles. The highest BCUT2D eigenvalue weighted by atomic mass is 16.7. The molecule has 1 heterocycles. The van der Waals surface area contributed by atoms with E-state index in [1.807, 2.05) is 30.3 Å². The second-order valence-corrected chi connectivity index (χ2v) is 3.75. The minimum Gasteiger partial charge on any atom is -0.302 e. The predicted octanol–water partition coefficient (Wildman–Crippen LogP) is 1.78. The van der Waals surface area contributed by atoms with Crippen LogP contribution >= 0.6 is 0 Å². The van der Waals surface area contributed by atoms with Gasteiger partial charge in [-0.3, -0.25) is 4.84 Å². The van der Waals surface area contributed by atoms with Crippen molar-refractivity contribution in [3.05, 3.63) is 35.9 Å². The van der Waals surface area contributed by atoms with Gasteiger partial charge in [-0.2, -0.15) is 5.06 Å². The number of aldehydes is 1. The predicted molar refractivity (Wildman–Crippen MR) is 57.0 cm³/mol. The van der Waals surface area contributed by atoms with Crippen LogP contribution in [0.1, 0.15) is 18.4 Å². The van der Waals surface area contributed by atoms with Crippen LogP contribution in [0.4, 0.5) is 0 Å². The van der Waals surface area contributed by atoms with E-state index in [4.69, 9.17) is 4.84 Å². The molecule has 0 N–H and O–H groups in total. The van der Waals surface area contributed by atoms with Crippen molar-refractivity contribution in [2.45, 2.75) is 25.5 Å². The maximum atomic E-state index is 10.7. The molecule has 3 nitrogen and oxygen atoms in total. The number of hydrogen-bond acceptors (Lipinski definition) is 3. The van der Waals surface area contributed by atoms with Crippen LogP contribution in [-0.2, 0) is 16.2 Å². The Kier molecular flexibility index (Phi) is 3.48. The van der Waals surface area contributed by atoms with Crippen molar-refractivity contribution in [3.8, 4) is 0 Å². The Labute approximate surface area is 89.6 Å². The first-order valence-corrected chi connectivity index (χ1v) is 5.29. The van der Waals surface area contributed by atoms with Gasteiger partial charge in [-0.1, -0.05) is 30.3 Å². The van der Waals surface area contributed by atoms with Crippen LogP contribution in [0.25, 0.3) is 0 Å². The van der Waals surface area contributed by atoms with Crippen molar-refractivity contribution >= 4 is 6.29 Å². The fourth-order valence-corrected chi connectivity index (χ4v) is 1.79. The van der Waals surface area contributed by atoms with Gasteiger partial charge in [0.25, 0.3) is 0 Å². The third-order valence-electron chi connectivity index (χ3n) is 2.65. The monoisotopic (exact) mass is 205 g/mol. The van der Waals surface area contributed by atoms with Gasteiger partial charge < -0.3 is 4.79 Å². The Balaban J connectivity index is 1.85. The molecule has 1 saturated heterocycles. The zero-order chi connectivity index (χ0) is 10.5. The van der Waals surface area contributed by atoms with Crippen LogP contribution < -0.4 is 0 Å². The molecule has 0 amide bonds. The normalized spacial score (nSPS) is 21.7. The number of carbonyl (C=O) groups excluding carboxylic acids is 1. The quantitative estimate of drug-likeness (QED) is 0.702. The minimum atomic E-state index is -0.0475. The van der Waals surface area contributed by atoms with Crippen molar-refractivity contribution in [1.82, 2.24) is 5.06 Å². The van der Waals surface area contributed by atoms with Gasteiger partial charge in [0.05, 0.1) is 12.6 Å². The van der Waals surface area contributed by atoms with Gasteiger partial charge in [0.2, 0.25) is 0 Å². The van der Waals surface area contributed by atoms with E-state index in [-0.39, 0.29) is 6.04 Å². The first-order chi connectivity index (χ1) is 7.40. The third-order valence-corrected chi connectivity index (χ3v) is 2.65. The molecule has 0 aliphatic carbocycles. The molecule has 0 radical (unpaired) electrons. The van der Waals surface area contributed by atoms with Crippen LogP contribution in [0, 0.1) is 0 Å². The lowest BCUT2D eigenvalue weighted by atomic mass is 10.2. The molecule has 1 aliphatic heterocycles. The largest absolute Gasteiger partial charge is 0.302 e. The molecule has 15 heavy (non-hydrogen) atoms. The van der Waals surface area contributed by atoms with Gasteiger partial charge in [-0.05, 0) is 18.4 Å². The van der Waals surface area contributed by atoms with Crippen molar-refractivity contribution in [1.29, 1.82) is 0 Å². The Morgan fingerprint density at radius 3 is 2.93 bits per heavy atom. The standard InChI is InChI=1S/C12H15NO2/c14-9-12-7-4-8-13(12)15-10-11-5-2-1-3-6-11/h1-3,5-6,9,12H,4,7-8,10H2/t12-/m0/s1. The van der Waals surface area contributed by atoms with Gasteiger partial charge in [-0.25, -0.2) is 0 Å². The number of hydrogen-bond donors (Lipinski definition) is 0. The first kappa shape index (κ1) is 10.3. The van der Waals surface area contributed by atoms with Gasteiger partial charge in [0.15, 0.2) is 0 Å². The second-order valence-electron chi connectivity index (χ2n) is 3.75. The van der Waals surface area contributed by atoms with Crippen LogP contribution in [0.2, 0.25) is 0 Å². The van der Waals surface area contributed by atoms with Crippen LogP contribution in [-0.4, -0.2) is 23.9 Å². The Morgan fingerprint density at radius 2 is 2.20 bits per heavy atom. The highest BCUT2D eigenvalue weighted by molar-refractivity contribution is 5.57. The number of benzene rings is 1. The molecule has 1 aromatic carbocycles. The summed E-state index contributed by atoms with van der Waals surface area (Å²) in [5.74, 6) is 0. The summed E-state index contributed by atoms with van der Waals surface area (Å²) in [7, 11) is 0. The molecule has 0 spiro atoms. The molecule has 1 aliphatic rings. The van der Waals surface area contributed by atoms with E-state index in [1.54, 1.807) is 5.06 Å². The fourth-order valence-electron chi connectivity index (χ4n) is 1.79. The molecular weight excluding hydrogens is 190 g/mol. The third kappa shape index (κ3) is 2.64. The van der Waals surface area contributed by atoms with E-state index in [0.717, 1.165) is 31.2 Å². The minimum absolute atomic E-state index is 0.0475. The summed E-state index contributed by atoms with van der Waals surface area (Å²) >= 11 is 0. The lowest BCUT2D eigenvalue weighted by molar-refractivity contribution is -0.178. The number of hydroxylamine groups is 2. The van der Waals surface area contributed by atoms with Crippen molar-refractivity contribution in [2.75, 3.05) is 6.54 Å². The summed E-state index contributed by atoms with van der Waals surface area (Å²) in [6, 6.07) is 9.94. The summed E-state index contributed by atoms with van der Waals surface area (Å²) < 4.78 is 0. The van der Waals surface area contributed by atoms with Crippen LogP contribution in [0.3, 0.4) is 0 Å². The maximum absolute atomic E-state index is 10.7. The molecule has 1 atom stereocenters. The molecule has 0 unspecified atom stereocenters. The van der Waals surface area contributed by atoms with E-state index in [9.17, 15) is 4.79 Å². The molecule has 1 aromatic rings. The SMILES string of the molecule is O=C[C@@H]1CCCN1OCc1ccccc1. The average molecular weight is 205 g/mol. The fraction of sp³-hybridized carbons (Fsp3) is 0.417. The number of nitrogens with zero attached hydrogens (tertiary/aromatic N) is 1. The molecule has 0 bridgehead atoms. The molecule has 1 fully saturated rings. The molecule has 2 rings (SSSR count). The zero-order valence-electron chi connectivity index (χ0n) is 8.63. The topological polar surface area (TPSA) is 29.5 Å². The summed E-state index contributed by atoms with van der Waals surface area (Å²) in [6.07, 6.45) is 2.93. The Hall–Kier alpha value is -1.19. The van der Waals surface area contributed by atoms with E-state index in [0.29, 0.717) is 6.61 Å². The van der Waals surface area contributed by atoms with E-state index >= 15 is 0 Å². The van der Waals surface area contributed by atoms with E-state index < -0.39 is 0 Å². The van der Waals surface area contributed by atoms with Gasteiger partial charge in [-0.15, -0.1) is 0 Å². The van der Waals surface area contributed by atoms with Crippen molar-refractivity contribution in [2.24, 2.45) is 0 Å². The average Bonchev–Trinajstić information content (AvgIpc) is 2.75. The van der Waals surface area contributed by atoms with Gasteiger partial charge >= 0.3 is 0 Å². The Morgan fingerprint density at radius 1 is 1.40 bits per heavy atom. The molecule has 3 heteroatoms. The van der Waals surface area contributed by atoms with Gasteiger partial charge in [0, 0.05) is 6.54 Å². The number of carbonyl (C=O) groups is 1. The molecule has 0 aromatic heterocycles. The molecule has 80 valence electrons. The molecular formula is C12H15NO2. The number of rotatable bonds is 4. The first-order valence-electron chi connectivity index (χ1n) is 5.29. The van der Waals surface area contributed by atoms with E-state index in [1.165, 1.54) is 0 Å². The summed E-state index contributed by atoms with van der Waals surface area (Å²) in [5.41, 5.74) is 1.13. The van der Waals surface area contributed by atoms with E-state index in [2.05, 4.69) is 0 Å². The second kappa shape index (κ2) is 5.05. The summed E-state index contributed by atoms with van der Waals surface area (Å²) in [4.78, 5) is 16.3. The zero-order valence-corrected chi connectivity index (χ0v) is 8.63. The summed E-state index contributed by atoms with van der Waals surface area (Å²) in [6.45, 7) is 1.40. The highest BCUT2D eigenvalue weighted by Gasteiger charge is 2.24. The smallest absolute Gasteiger partial charge is 0.139 e. The lowest BCUT2D eigenvalue weighted by Gasteiger charge is -2.19.